The van der Waals surface area contributed by atoms with Crippen LogP contribution in [-0.4, -0.2) is 34.1 Å². The van der Waals surface area contributed by atoms with Crippen molar-refractivity contribution in [1.82, 2.24) is 4.72 Å². The zero-order chi connectivity index (χ0) is 15.3. The quantitative estimate of drug-likeness (QED) is 0.522. The van der Waals surface area contributed by atoms with Gasteiger partial charge < -0.3 is 15.8 Å². The highest BCUT2D eigenvalue weighted by Gasteiger charge is 2.17. The third-order valence-corrected chi connectivity index (χ3v) is 4.03. The highest BCUT2D eigenvalue weighted by molar-refractivity contribution is 7.89. The molecule has 0 fully saturated rings. The lowest BCUT2D eigenvalue weighted by molar-refractivity contribution is -0.143. The molecule has 0 aliphatic rings. The van der Waals surface area contributed by atoms with Crippen LogP contribution < -0.4 is 15.8 Å². The maximum absolute atomic E-state index is 11.6. The number of nitrogens with two attached hydrogens (primary N) is 1. The Morgan fingerprint density at radius 3 is 2.60 bits per heavy atom. The predicted molar refractivity (Wildman–Crippen MR) is 76.8 cm³/mol. The fraction of sp³-hybridized carbons (Fsp3) is 0.417. The van der Waals surface area contributed by atoms with Crippen molar-refractivity contribution in [3.63, 3.8) is 0 Å². The molecule has 0 spiro atoms. The highest BCUT2D eigenvalue weighted by Crippen LogP contribution is 2.23. The van der Waals surface area contributed by atoms with E-state index in [1.54, 1.807) is 13.8 Å². The minimum Gasteiger partial charge on any atom is -0.464 e. The minimum atomic E-state index is -3.54. The summed E-state index contributed by atoms with van der Waals surface area (Å²) >= 11 is 0. The lowest BCUT2D eigenvalue weighted by Crippen LogP contribution is -2.28. The second-order valence-electron chi connectivity index (χ2n) is 4.07. The largest absolute Gasteiger partial charge is 0.464 e. The summed E-state index contributed by atoms with van der Waals surface area (Å²) in [6, 6.07) is 3.66. The lowest BCUT2D eigenvalue weighted by Gasteiger charge is -2.16. The molecule has 0 saturated carbocycles. The van der Waals surface area contributed by atoms with E-state index in [4.69, 9.17) is 10.5 Å². The molecule has 0 bridgehead atoms. The van der Waals surface area contributed by atoms with Crippen molar-refractivity contribution in [2.45, 2.75) is 24.8 Å². The fourth-order valence-electron chi connectivity index (χ4n) is 1.52. The topological polar surface area (TPSA) is 111 Å². The van der Waals surface area contributed by atoms with Crippen molar-refractivity contribution in [2.75, 3.05) is 24.7 Å². The zero-order valence-electron chi connectivity index (χ0n) is 11.6. The molecule has 1 atom stereocenters. The monoisotopic (exact) mass is 301 g/mol. The molecule has 20 heavy (non-hydrogen) atoms. The van der Waals surface area contributed by atoms with Gasteiger partial charge in [0.1, 0.15) is 6.04 Å². The summed E-state index contributed by atoms with van der Waals surface area (Å²) in [5.74, 6) is -0.404. The normalized spacial score (nSPS) is 12.8. The van der Waals surface area contributed by atoms with E-state index in [1.165, 1.54) is 25.2 Å². The number of carbonyl (C=O) groups is 1. The van der Waals surface area contributed by atoms with E-state index in [2.05, 4.69) is 10.0 Å². The summed E-state index contributed by atoms with van der Waals surface area (Å²) in [4.78, 5) is 11.6. The van der Waals surface area contributed by atoms with E-state index in [1.807, 2.05) is 0 Å². The number of carbonyl (C=O) groups excluding carboxylic acids is 1. The van der Waals surface area contributed by atoms with Gasteiger partial charge in [-0.3, -0.25) is 0 Å². The smallest absolute Gasteiger partial charge is 0.328 e. The van der Waals surface area contributed by atoms with Crippen LogP contribution in [0.4, 0.5) is 11.4 Å². The van der Waals surface area contributed by atoms with E-state index in [-0.39, 0.29) is 10.6 Å². The summed E-state index contributed by atoms with van der Waals surface area (Å²) in [5.41, 5.74) is 6.49. The summed E-state index contributed by atoms with van der Waals surface area (Å²) in [5, 5.41) is 2.88. The van der Waals surface area contributed by atoms with Crippen LogP contribution in [0.3, 0.4) is 0 Å². The number of benzene rings is 1. The van der Waals surface area contributed by atoms with Crippen molar-refractivity contribution in [2.24, 2.45) is 0 Å². The number of hydrogen-bond donors (Lipinski definition) is 3. The van der Waals surface area contributed by atoms with E-state index >= 15 is 0 Å². The van der Waals surface area contributed by atoms with E-state index in [9.17, 15) is 13.2 Å². The van der Waals surface area contributed by atoms with Crippen molar-refractivity contribution >= 4 is 27.4 Å². The summed E-state index contributed by atoms with van der Waals surface area (Å²) < 4.78 is 30.3. The van der Waals surface area contributed by atoms with E-state index in [0.29, 0.717) is 12.3 Å². The third kappa shape index (κ3) is 3.84. The Labute approximate surface area is 118 Å². The molecule has 1 aromatic rings. The molecule has 0 aromatic heterocycles. The maximum atomic E-state index is 11.6. The Balaban J connectivity index is 2.92. The van der Waals surface area contributed by atoms with Crippen LogP contribution in [-0.2, 0) is 19.6 Å². The van der Waals surface area contributed by atoms with Crippen LogP contribution >= 0.6 is 0 Å². The number of ether oxygens (including phenoxy) is 1. The Morgan fingerprint density at radius 1 is 1.45 bits per heavy atom. The molecule has 8 heteroatoms. The van der Waals surface area contributed by atoms with Gasteiger partial charge >= 0.3 is 5.97 Å². The maximum Gasteiger partial charge on any atom is 0.328 e. The van der Waals surface area contributed by atoms with Crippen molar-refractivity contribution in [1.29, 1.82) is 0 Å². The number of anilines is 2. The van der Waals surface area contributed by atoms with Gasteiger partial charge in [-0.05, 0) is 39.1 Å². The van der Waals surface area contributed by atoms with Crippen LogP contribution in [0.25, 0.3) is 0 Å². The molecular formula is C12H19N3O4S. The first kappa shape index (κ1) is 16.3. The van der Waals surface area contributed by atoms with Gasteiger partial charge in [0.05, 0.1) is 22.9 Å². The van der Waals surface area contributed by atoms with Gasteiger partial charge in [-0.25, -0.2) is 17.9 Å². The van der Waals surface area contributed by atoms with Crippen LogP contribution in [0.1, 0.15) is 13.8 Å². The molecule has 0 aliphatic heterocycles. The van der Waals surface area contributed by atoms with Gasteiger partial charge in [0.2, 0.25) is 10.0 Å². The summed E-state index contributed by atoms with van der Waals surface area (Å²) in [6.45, 7) is 3.64. The number of rotatable bonds is 6. The van der Waals surface area contributed by atoms with Crippen LogP contribution in [0.2, 0.25) is 0 Å². The average molecular weight is 301 g/mol. The van der Waals surface area contributed by atoms with Crippen LogP contribution in [0.5, 0.6) is 0 Å². The fourth-order valence-corrected chi connectivity index (χ4v) is 2.28. The van der Waals surface area contributed by atoms with Gasteiger partial charge in [0, 0.05) is 0 Å². The first-order valence-corrected chi connectivity index (χ1v) is 7.56. The summed E-state index contributed by atoms with van der Waals surface area (Å²) in [7, 11) is -2.22. The molecule has 0 saturated heterocycles. The van der Waals surface area contributed by atoms with Crippen molar-refractivity contribution in [3.8, 4) is 0 Å². The molecule has 1 unspecified atom stereocenters. The number of nitrogens with one attached hydrogen (secondary N) is 2. The minimum absolute atomic E-state index is 0.0619. The predicted octanol–water partition coefficient (Wildman–Crippen LogP) is 0.540. The number of nitrogen functional groups attached to an aromatic ring is 1. The lowest BCUT2D eigenvalue weighted by atomic mass is 10.2. The second-order valence-corrected chi connectivity index (χ2v) is 5.96. The Hall–Kier alpha value is -1.80. The highest BCUT2D eigenvalue weighted by atomic mass is 32.2. The van der Waals surface area contributed by atoms with Gasteiger partial charge in [0.15, 0.2) is 0 Å². The molecular weight excluding hydrogens is 282 g/mol. The molecule has 0 radical (unpaired) electrons. The van der Waals surface area contributed by atoms with E-state index in [0.717, 1.165) is 0 Å². The Bertz CT molecular complexity index is 586. The van der Waals surface area contributed by atoms with E-state index < -0.39 is 22.0 Å². The van der Waals surface area contributed by atoms with Crippen molar-refractivity contribution < 1.29 is 17.9 Å². The molecule has 1 aromatic carbocycles. The van der Waals surface area contributed by atoms with Crippen molar-refractivity contribution in [3.05, 3.63) is 18.2 Å². The Morgan fingerprint density at radius 2 is 2.10 bits per heavy atom. The molecule has 0 heterocycles. The first-order valence-electron chi connectivity index (χ1n) is 6.08. The van der Waals surface area contributed by atoms with Gasteiger partial charge in [0.25, 0.3) is 0 Å². The Kier molecular flexibility index (Phi) is 5.34. The molecule has 0 amide bonds. The third-order valence-electron chi connectivity index (χ3n) is 2.61. The molecule has 7 nitrogen and oxygen atoms in total. The molecule has 0 aliphatic carbocycles. The van der Waals surface area contributed by atoms with Gasteiger partial charge in [-0.2, -0.15) is 0 Å². The first-order chi connectivity index (χ1) is 9.31. The standard InChI is InChI=1S/C12H19N3O4S/c1-4-19-12(16)8(2)15-11-6-5-9(7-10(11)13)20(17,18)14-3/h5-8,14-15H,4,13H2,1-3H3. The second kappa shape index (κ2) is 6.58. The SMILES string of the molecule is CCOC(=O)C(C)Nc1ccc(S(=O)(=O)NC)cc1N. The van der Waals surface area contributed by atoms with Gasteiger partial charge in [-0.15, -0.1) is 0 Å². The average Bonchev–Trinajstić information content (AvgIpc) is 2.41. The van der Waals surface area contributed by atoms with Crippen LogP contribution in [0.15, 0.2) is 23.1 Å². The molecule has 1 rings (SSSR count). The summed E-state index contributed by atoms with van der Waals surface area (Å²) in [6.07, 6.45) is 0. The molecule has 112 valence electrons. The van der Waals surface area contributed by atoms with Gasteiger partial charge in [-0.1, -0.05) is 0 Å². The van der Waals surface area contributed by atoms with Crippen LogP contribution in [0, 0.1) is 0 Å². The zero-order valence-corrected chi connectivity index (χ0v) is 12.5. The number of hydrogen-bond acceptors (Lipinski definition) is 6. The number of esters is 1. The molecule has 4 N–H and O–H groups in total. The number of sulfonamides is 1.